The van der Waals surface area contributed by atoms with E-state index in [1.54, 1.807) is 6.33 Å². The second-order valence-corrected chi connectivity index (χ2v) is 8.11. The molecular weight excluding hydrogens is 376 g/mol. The standard InChI is InChI=1S/C24H26N4O2/c29-23-24(11-13-27(17-24)16-19-15-25-18-26-19)21-9-4-5-10-22(21)28(23)12-6-14-30-20-7-2-1-3-8-20/h1-5,7-10,15,18H,6,11-14,16-17H2,(H,25,26). The van der Waals surface area contributed by atoms with Crippen LogP contribution < -0.4 is 9.64 Å². The molecule has 3 aromatic rings. The molecule has 30 heavy (non-hydrogen) atoms. The zero-order valence-electron chi connectivity index (χ0n) is 17.0. The fourth-order valence-corrected chi connectivity index (χ4v) is 4.78. The van der Waals surface area contributed by atoms with Gasteiger partial charge in [0.1, 0.15) is 5.75 Å². The highest BCUT2D eigenvalue weighted by atomic mass is 16.5. The molecule has 0 bridgehead atoms. The average molecular weight is 402 g/mol. The van der Waals surface area contributed by atoms with Crippen LogP contribution in [0, 0.1) is 0 Å². The van der Waals surface area contributed by atoms with E-state index in [-0.39, 0.29) is 5.91 Å². The minimum atomic E-state index is -0.434. The third-order valence-electron chi connectivity index (χ3n) is 6.20. The Morgan fingerprint density at radius 3 is 2.77 bits per heavy atom. The number of likely N-dealkylation sites (tertiary alicyclic amines) is 1. The minimum absolute atomic E-state index is 0.232. The number of aromatic amines is 1. The maximum absolute atomic E-state index is 13.6. The summed E-state index contributed by atoms with van der Waals surface area (Å²) in [5, 5.41) is 0. The van der Waals surface area contributed by atoms with Gasteiger partial charge in [-0.2, -0.15) is 0 Å². The number of hydrogen-bond donors (Lipinski definition) is 1. The zero-order valence-corrected chi connectivity index (χ0v) is 17.0. The van der Waals surface area contributed by atoms with Crippen molar-refractivity contribution in [3.63, 3.8) is 0 Å². The number of aromatic nitrogens is 2. The van der Waals surface area contributed by atoms with E-state index in [2.05, 4.69) is 27.0 Å². The molecule has 0 saturated carbocycles. The van der Waals surface area contributed by atoms with Crippen molar-refractivity contribution >= 4 is 11.6 Å². The molecule has 1 spiro atoms. The van der Waals surface area contributed by atoms with E-state index < -0.39 is 5.41 Å². The van der Waals surface area contributed by atoms with E-state index in [4.69, 9.17) is 4.74 Å². The Morgan fingerprint density at radius 2 is 1.93 bits per heavy atom. The molecule has 1 saturated heterocycles. The molecule has 2 aromatic carbocycles. The van der Waals surface area contributed by atoms with Gasteiger partial charge < -0.3 is 14.6 Å². The van der Waals surface area contributed by atoms with Gasteiger partial charge in [0.2, 0.25) is 5.91 Å². The Morgan fingerprint density at radius 1 is 1.10 bits per heavy atom. The lowest BCUT2D eigenvalue weighted by atomic mass is 9.81. The molecule has 1 amide bonds. The fraction of sp³-hybridized carbons (Fsp3) is 0.333. The molecule has 154 valence electrons. The first-order valence-electron chi connectivity index (χ1n) is 10.6. The lowest BCUT2D eigenvalue weighted by Gasteiger charge is -2.24. The summed E-state index contributed by atoms with van der Waals surface area (Å²) < 4.78 is 5.83. The first-order chi connectivity index (χ1) is 14.8. The number of fused-ring (bicyclic) bond motifs is 2. The molecule has 5 rings (SSSR count). The number of rotatable bonds is 7. The minimum Gasteiger partial charge on any atom is -0.494 e. The highest BCUT2D eigenvalue weighted by Crippen LogP contribution is 2.47. The molecule has 1 aromatic heterocycles. The third-order valence-corrected chi connectivity index (χ3v) is 6.20. The van der Waals surface area contributed by atoms with Crippen molar-refractivity contribution in [2.75, 3.05) is 31.1 Å². The van der Waals surface area contributed by atoms with Crippen LogP contribution in [0.1, 0.15) is 24.1 Å². The van der Waals surface area contributed by atoms with Crippen LogP contribution in [0.4, 0.5) is 5.69 Å². The number of amides is 1. The van der Waals surface area contributed by atoms with Gasteiger partial charge in [0.25, 0.3) is 0 Å². The number of imidazole rings is 1. The topological polar surface area (TPSA) is 61.5 Å². The van der Waals surface area contributed by atoms with Crippen molar-refractivity contribution in [3.05, 3.63) is 78.4 Å². The molecule has 1 fully saturated rings. The van der Waals surface area contributed by atoms with Gasteiger partial charge in [-0.05, 0) is 36.6 Å². The number of nitrogens with zero attached hydrogens (tertiary/aromatic N) is 3. The Hall–Kier alpha value is -3.12. The lowest BCUT2D eigenvalue weighted by molar-refractivity contribution is -0.122. The maximum atomic E-state index is 13.6. The van der Waals surface area contributed by atoms with Crippen LogP contribution in [0.25, 0.3) is 0 Å². The largest absolute Gasteiger partial charge is 0.494 e. The van der Waals surface area contributed by atoms with Crippen LogP contribution in [-0.4, -0.2) is 47.0 Å². The summed E-state index contributed by atoms with van der Waals surface area (Å²) in [6.07, 6.45) is 5.21. The van der Waals surface area contributed by atoms with Gasteiger partial charge >= 0.3 is 0 Å². The van der Waals surface area contributed by atoms with E-state index in [1.165, 1.54) is 5.56 Å². The SMILES string of the molecule is O=C1N(CCCOc2ccccc2)c2ccccc2C12CCN(Cc1cnc[nH]1)C2. The molecule has 1 N–H and O–H groups in total. The van der Waals surface area contributed by atoms with E-state index in [0.29, 0.717) is 13.2 Å². The van der Waals surface area contributed by atoms with E-state index in [1.807, 2.05) is 53.6 Å². The summed E-state index contributed by atoms with van der Waals surface area (Å²) in [4.78, 5) is 25.2. The monoisotopic (exact) mass is 402 g/mol. The summed E-state index contributed by atoms with van der Waals surface area (Å²) in [7, 11) is 0. The van der Waals surface area contributed by atoms with Gasteiger partial charge in [-0.3, -0.25) is 9.69 Å². The summed E-state index contributed by atoms with van der Waals surface area (Å²) in [5.41, 5.74) is 2.88. The van der Waals surface area contributed by atoms with Crippen LogP contribution >= 0.6 is 0 Å². The molecule has 0 radical (unpaired) electrons. The highest BCUT2D eigenvalue weighted by molar-refractivity contribution is 6.08. The summed E-state index contributed by atoms with van der Waals surface area (Å²) in [6, 6.07) is 18.1. The Kier molecular flexibility index (Phi) is 5.01. The molecule has 0 aliphatic carbocycles. The summed E-state index contributed by atoms with van der Waals surface area (Å²) >= 11 is 0. The molecule has 1 atom stereocenters. The van der Waals surface area contributed by atoms with Gasteiger partial charge in [-0.1, -0.05) is 36.4 Å². The first kappa shape index (κ1) is 18.9. The molecule has 6 heteroatoms. The highest BCUT2D eigenvalue weighted by Gasteiger charge is 2.53. The number of carbonyl (C=O) groups is 1. The fourth-order valence-electron chi connectivity index (χ4n) is 4.78. The van der Waals surface area contributed by atoms with Crippen LogP contribution in [0.5, 0.6) is 5.75 Å². The number of ether oxygens (including phenoxy) is 1. The smallest absolute Gasteiger partial charge is 0.239 e. The van der Waals surface area contributed by atoms with Crippen molar-refractivity contribution in [1.82, 2.24) is 14.9 Å². The zero-order chi connectivity index (χ0) is 20.4. The average Bonchev–Trinajstić information content (AvgIpc) is 3.49. The Bertz CT molecular complexity index is 1010. The third kappa shape index (κ3) is 3.37. The normalized spacial score (nSPS) is 20.8. The van der Waals surface area contributed by atoms with Gasteiger partial charge in [-0.15, -0.1) is 0 Å². The molecule has 3 heterocycles. The molecule has 6 nitrogen and oxygen atoms in total. The first-order valence-corrected chi connectivity index (χ1v) is 10.6. The van der Waals surface area contributed by atoms with Gasteiger partial charge in [0.05, 0.1) is 18.3 Å². The van der Waals surface area contributed by atoms with Crippen molar-refractivity contribution < 1.29 is 9.53 Å². The number of benzene rings is 2. The number of H-pyrrole nitrogens is 1. The van der Waals surface area contributed by atoms with E-state index in [0.717, 1.165) is 49.6 Å². The molecular formula is C24H26N4O2. The predicted molar refractivity (Wildman–Crippen MR) is 116 cm³/mol. The Balaban J connectivity index is 1.28. The van der Waals surface area contributed by atoms with Crippen molar-refractivity contribution in [3.8, 4) is 5.75 Å². The molecule has 2 aliphatic rings. The van der Waals surface area contributed by atoms with Crippen molar-refractivity contribution in [2.24, 2.45) is 0 Å². The summed E-state index contributed by atoms with van der Waals surface area (Å²) in [5.74, 6) is 1.10. The van der Waals surface area contributed by atoms with Crippen molar-refractivity contribution in [1.29, 1.82) is 0 Å². The molecule has 2 aliphatic heterocycles. The van der Waals surface area contributed by atoms with Crippen LogP contribution in [0.2, 0.25) is 0 Å². The maximum Gasteiger partial charge on any atom is 0.239 e. The quantitative estimate of drug-likeness (QED) is 0.616. The number of nitrogens with one attached hydrogen (secondary N) is 1. The number of para-hydroxylation sites is 2. The Labute approximate surface area is 176 Å². The van der Waals surface area contributed by atoms with Gasteiger partial charge in [0, 0.05) is 43.8 Å². The number of carbonyl (C=O) groups excluding carboxylic acids is 1. The number of hydrogen-bond acceptors (Lipinski definition) is 4. The van der Waals surface area contributed by atoms with Crippen LogP contribution in [0.15, 0.2) is 67.1 Å². The van der Waals surface area contributed by atoms with Gasteiger partial charge in [-0.25, -0.2) is 4.98 Å². The lowest BCUT2D eigenvalue weighted by Crippen LogP contribution is -2.43. The second kappa shape index (κ2) is 7.95. The summed E-state index contributed by atoms with van der Waals surface area (Å²) in [6.45, 7) is 3.71. The van der Waals surface area contributed by atoms with E-state index >= 15 is 0 Å². The van der Waals surface area contributed by atoms with Crippen LogP contribution in [-0.2, 0) is 16.8 Å². The van der Waals surface area contributed by atoms with E-state index in [9.17, 15) is 4.79 Å². The van der Waals surface area contributed by atoms with Crippen LogP contribution in [0.3, 0.4) is 0 Å². The molecule has 1 unspecified atom stereocenters. The number of anilines is 1. The van der Waals surface area contributed by atoms with Crippen molar-refractivity contribution in [2.45, 2.75) is 24.8 Å². The van der Waals surface area contributed by atoms with Gasteiger partial charge in [0.15, 0.2) is 0 Å². The predicted octanol–water partition coefficient (Wildman–Crippen LogP) is 3.37. The second-order valence-electron chi connectivity index (χ2n) is 8.11.